The first-order valence-electron chi connectivity index (χ1n) is 7.12. The molecule has 0 radical (unpaired) electrons. The molecule has 1 aliphatic rings. The maximum Gasteiger partial charge on any atom is 0.494 e. The second kappa shape index (κ2) is 4.72. The van der Waals surface area contributed by atoms with E-state index in [0.29, 0.717) is 0 Å². The molecule has 110 valence electrons. The quantitative estimate of drug-likeness (QED) is 0.795. The van der Waals surface area contributed by atoms with Crippen molar-refractivity contribution in [2.24, 2.45) is 0 Å². The SMILES string of the molecule is COc1cnc2ccc(B3OC(C)(C)C(C)(C)O3)cc2c1. The highest BCUT2D eigenvalue weighted by Crippen LogP contribution is 2.36. The highest BCUT2D eigenvalue weighted by molar-refractivity contribution is 6.62. The molecule has 5 heteroatoms. The van der Waals surface area contributed by atoms with E-state index in [2.05, 4.69) is 32.7 Å². The first-order chi connectivity index (χ1) is 9.82. The van der Waals surface area contributed by atoms with Crippen LogP contribution in [0.4, 0.5) is 0 Å². The summed E-state index contributed by atoms with van der Waals surface area (Å²) in [7, 11) is 1.28. The first kappa shape index (κ1) is 14.4. The van der Waals surface area contributed by atoms with Crippen molar-refractivity contribution in [1.29, 1.82) is 0 Å². The molecule has 0 N–H and O–H groups in total. The third-order valence-electron chi connectivity index (χ3n) is 4.44. The molecule has 1 fully saturated rings. The lowest BCUT2D eigenvalue weighted by Gasteiger charge is -2.32. The molecule has 0 spiro atoms. The molecule has 21 heavy (non-hydrogen) atoms. The van der Waals surface area contributed by atoms with Crippen LogP contribution in [-0.2, 0) is 9.31 Å². The van der Waals surface area contributed by atoms with Crippen molar-refractivity contribution in [2.45, 2.75) is 38.9 Å². The Labute approximate surface area is 125 Å². The Kier molecular flexibility index (Phi) is 3.22. The summed E-state index contributed by atoms with van der Waals surface area (Å²) in [5, 5.41) is 1.02. The molecule has 1 aromatic heterocycles. The van der Waals surface area contributed by atoms with E-state index in [1.165, 1.54) is 0 Å². The largest absolute Gasteiger partial charge is 0.495 e. The lowest BCUT2D eigenvalue weighted by molar-refractivity contribution is 0.00578. The molecule has 1 aromatic carbocycles. The molecule has 3 rings (SSSR count). The molecule has 0 bridgehead atoms. The van der Waals surface area contributed by atoms with E-state index in [1.54, 1.807) is 13.3 Å². The number of benzene rings is 1. The zero-order chi connectivity index (χ0) is 15.3. The lowest BCUT2D eigenvalue weighted by atomic mass is 9.78. The van der Waals surface area contributed by atoms with E-state index in [-0.39, 0.29) is 18.3 Å². The van der Waals surface area contributed by atoms with Gasteiger partial charge >= 0.3 is 7.12 Å². The highest BCUT2D eigenvalue weighted by Gasteiger charge is 2.51. The zero-order valence-corrected chi connectivity index (χ0v) is 13.1. The minimum atomic E-state index is -0.356. The minimum absolute atomic E-state index is 0.334. The number of rotatable bonds is 2. The number of fused-ring (bicyclic) bond motifs is 1. The second-order valence-corrected chi connectivity index (χ2v) is 6.42. The number of hydrogen-bond acceptors (Lipinski definition) is 4. The van der Waals surface area contributed by atoms with Crippen molar-refractivity contribution in [3.05, 3.63) is 30.5 Å². The first-order valence-corrected chi connectivity index (χ1v) is 7.12. The van der Waals surface area contributed by atoms with E-state index in [9.17, 15) is 0 Å². The van der Waals surface area contributed by atoms with Crippen molar-refractivity contribution >= 4 is 23.5 Å². The zero-order valence-electron chi connectivity index (χ0n) is 13.1. The van der Waals surface area contributed by atoms with Crippen LogP contribution in [0.15, 0.2) is 30.5 Å². The Morgan fingerprint density at radius 3 is 2.33 bits per heavy atom. The van der Waals surface area contributed by atoms with Crippen LogP contribution in [0.1, 0.15) is 27.7 Å². The molecule has 0 unspecified atom stereocenters. The minimum Gasteiger partial charge on any atom is -0.495 e. The molecule has 2 aromatic rings. The Bertz CT molecular complexity index is 668. The van der Waals surface area contributed by atoms with Crippen molar-refractivity contribution in [3.8, 4) is 5.75 Å². The van der Waals surface area contributed by atoms with Crippen LogP contribution in [0.2, 0.25) is 0 Å². The van der Waals surface area contributed by atoms with Crippen molar-refractivity contribution in [3.63, 3.8) is 0 Å². The summed E-state index contributed by atoms with van der Waals surface area (Å²) < 4.78 is 17.4. The molecular formula is C16H20BNO3. The molecule has 1 aliphatic heterocycles. The summed E-state index contributed by atoms with van der Waals surface area (Å²) in [5.74, 6) is 0.744. The van der Waals surface area contributed by atoms with Crippen LogP contribution in [0.25, 0.3) is 10.9 Å². The Balaban J connectivity index is 1.98. The fraction of sp³-hybridized carbons (Fsp3) is 0.438. The lowest BCUT2D eigenvalue weighted by Crippen LogP contribution is -2.41. The average molecular weight is 285 g/mol. The molecule has 0 aliphatic carbocycles. The van der Waals surface area contributed by atoms with Gasteiger partial charge in [-0.25, -0.2) is 0 Å². The normalized spacial score (nSPS) is 20.0. The van der Waals surface area contributed by atoms with Gasteiger partial charge in [0.25, 0.3) is 0 Å². The van der Waals surface area contributed by atoms with Gasteiger partial charge in [0.15, 0.2) is 0 Å². The van der Waals surface area contributed by atoms with Gasteiger partial charge in [-0.05, 0) is 45.3 Å². The van der Waals surface area contributed by atoms with Crippen LogP contribution in [0.3, 0.4) is 0 Å². The summed E-state index contributed by atoms with van der Waals surface area (Å²) in [5.41, 5.74) is 1.26. The summed E-state index contributed by atoms with van der Waals surface area (Å²) in [6.07, 6.45) is 1.72. The van der Waals surface area contributed by atoms with E-state index in [0.717, 1.165) is 22.1 Å². The number of hydrogen-bond donors (Lipinski definition) is 0. The summed E-state index contributed by atoms with van der Waals surface area (Å²) >= 11 is 0. The third kappa shape index (κ3) is 2.41. The van der Waals surface area contributed by atoms with Gasteiger partial charge in [0.05, 0.1) is 30.0 Å². The van der Waals surface area contributed by atoms with Crippen molar-refractivity contribution in [2.75, 3.05) is 7.11 Å². The van der Waals surface area contributed by atoms with Gasteiger partial charge in [-0.1, -0.05) is 12.1 Å². The summed E-state index contributed by atoms with van der Waals surface area (Å²) in [6.45, 7) is 8.22. The van der Waals surface area contributed by atoms with E-state index in [4.69, 9.17) is 14.0 Å². The van der Waals surface area contributed by atoms with E-state index in [1.807, 2.05) is 24.3 Å². The Morgan fingerprint density at radius 1 is 1.05 bits per heavy atom. The molecule has 0 saturated carbocycles. The van der Waals surface area contributed by atoms with Gasteiger partial charge in [0, 0.05) is 5.39 Å². The van der Waals surface area contributed by atoms with E-state index >= 15 is 0 Å². The number of methoxy groups -OCH3 is 1. The van der Waals surface area contributed by atoms with Crippen molar-refractivity contribution < 1.29 is 14.0 Å². The van der Waals surface area contributed by atoms with Crippen molar-refractivity contribution in [1.82, 2.24) is 4.98 Å². The predicted molar refractivity (Wildman–Crippen MR) is 84.0 cm³/mol. The van der Waals surface area contributed by atoms with Gasteiger partial charge in [-0.15, -0.1) is 0 Å². The second-order valence-electron chi connectivity index (χ2n) is 6.42. The van der Waals surface area contributed by atoms with Crippen LogP contribution in [0, 0.1) is 0 Å². The average Bonchev–Trinajstić information content (AvgIpc) is 2.66. The summed E-state index contributed by atoms with van der Waals surface area (Å²) in [4.78, 5) is 4.37. The molecular weight excluding hydrogens is 265 g/mol. The fourth-order valence-electron chi connectivity index (χ4n) is 2.37. The van der Waals surface area contributed by atoms with Crippen LogP contribution in [0.5, 0.6) is 5.75 Å². The maximum atomic E-state index is 6.08. The number of pyridine rings is 1. The molecule has 0 atom stereocenters. The van der Waals surface area contributed by atoms with Crippen LogP contribution in [-0.4, -0.2) is 30.4 Å². The summed E-state index contributed by atoms with van der Waals surface area (Å²) in [6, 6.07) is 8.00. The number of nitrogens with zero attached hydrogens (tertiary/aromatic N) is 1. The maximum absolute atomic E-state index is 6.08. The predicted octanol–water partition coefficient (Wildman–Crippen LogP) is 2.54. The standard InChI is InChI=1S/C16H20BNO3/c1-15(2)16(3,4)21-17(20-15)12-6-7-14-11(8-12)9-13(19-5)10-18-14/h6-10H,1-5H3. The molecule has 1 saturated heterocycles. The Hall–Kier alpha value is -1.59. The van der Waals surface area contributed by atoms with Gasteiger partial charge in [0.2, 0.25) is 0 Å². The number of aromatic nitrogens is 1. The smallest absolute Gasteiger partial charge is 0.494 e. The number of ether oxygens (including phenoxy) is 1. The van der Waals surface area contributed by atoms with Gasteiger partial charge < -0.3 is 14.0 Å². The highest BCUT2D eigenvalue weighted by atomic mass is 16.7. The van der Waals surface area contributed by atoms with Gasteiger partial charge in [-0.3, -0.25) is 4.98 Å². The monoisotopic (exact) mass is 285 g/mol. The molecule has 4 nitrogen and oxygen atoms in total. The van der Waals surface area contributed by atoms with Crippen LogP contribution >= 0.6 is 0 Å². The van der Waals surface area contributed by atoms with E-state index < -0.39 is 0 Å². The molecule has 0 amide bonds. The van der Waals surface area contributed by atoms with Gasteiger partial charge in [0.1, 0.15) is 5.75 Å². The van der Waals surface area contributed by atoms with Gasteiger partial charge in [-0.2, -0.15) is 0 Å². The topological polar surface area (TPSA) is 40.6 Å². The Morgan fingerprint density at radius 2 is 1.71 bits per heavy atom. The molecule has 2 heterocycles. The third-order valence-corrected chi connectivity index (χ3v) is 4.44. The fourth-order valence-corrected chi connectivity index (χ4v) is 2.37. The van der Waals surface area contributed by atoms with Crippen LogP contribution < -0.4 is 10.2 Å².